The zero-order chi connectivity index (χ0) is 24.8. The average molecular weight is 536 g/mol. The van der Waals surface area contributed by atoms with Crippen LogP contribution in [0.15, 0.2) is 24.3 Å². The maximum absolute atomic E-state index is 6.54. The Kier molecular flexibility index (Phi) is 10.9. The number of hydrogen-bond acceptors (Lipinski definition) is 4. The lowest BCUT2D eigenvalue weighted by molar-refractivity contribution is 0.296. The van der Waals surface area contributed by atoms with E-state index in [1.165, 1.54) is 0 Å². The summed E-state index contributed by atoms with van der Waals surface area (Å²) in [7, 11) is 0. The van der Waals surface area contributed by atoms with Gasteiger partial charge in [0, 0.05) is 17.5 Å². The molecule has 0 aromatic heterocycles. The van der Waals surface area contributed by atoms with E-state index in [0.29, 0.717) is 44.8 Å². The van der Waals surface area contributed by atoms with E-state index >= 15 is 0 Å². The van der Waals surface area contributed by atoms with Crippen molar-refractivity contribution in [2.24, 2.45) is 11.5 Å². The Labute approximate surface area is 217 Å². The van der Waals surface area contributed by atoms with Gasteiger partial charge < -0.3 is 20.9 Å². The molecule has 0 saturated carbocycles. The van der Waals surface area contributed by atoms with Crippen LogP contribution in [0, 0.1) is 0 Å². The third-order valence-corrected chi connectivity index (χ3v) is 7.08. The molecular weight excluding hydrogens is 502 g/mol. The molecule has 0 aliphatic heterocycles. The second-order valence-corrected chi connectivity index (χ2v) is 10.4. The van der Waals surface area contributed by atoms with Gasteiger partial charge in [0.05, 0.1) is 33.3 Å². The molecule has 8 heteroatoms. The lowest BCUT2D eigenvalue weighted by atomic mass is 9.78. The van der Waals surface area contributed by atoms with Crippen molar-refractivity contribution in [1.29, 1.82) is 0 Å². The first-order chi connectivity index (χ1) is 15.5. The maximum atomic E-state index is 6.54. The molecule has 0 radical (unpaired) electrons. The van der Waals surface area contributed by atoms with Crippen LogP contribution >= 0.6 is 46.4 Å². The minimum atomic E-state index is -0.479. The van der Waals surface area contributed by atoms with Gasteiger partial charge in [-0.1, -0.05) is 74.1 Å². The number of ether oxygens (including phenoxy) is 2. The number of hydrogen-bond donors (Lipinski definition) is 2. The molecule has 0 saturated heterocycles. The molecule has 0 aliphatic carbocycles. The average Bonchev–Trinajstić information content (AvgIpc) is 2.76. The van der Waals surface area contributed by atoms with Gasteiger partial charge in [-0.25, -0.2) is 0 Å². The molecule has 184 valence electrons. The first-order valence-corrected chi connectivity index (χ1v) is 12.8. The van der Waals surface area contributed by atoms with E-state index in [-0.39, 0.29) is 12.1 Å². The van der Waals surface area contributed by atoms with Crippen LogP contribution in [0.3, 0.4) is 0 Å². The summed E-state index contributed by atoms with van der Waals surface area (Å²) in [4.78, 5) is 0. The molecule has 0 bridgehead atoms. The van der Waals surface area contributed by atoms with Gasteiger partial charge in [-0.05, 0) is 61.1 Å². The number of benzene rings is 2. The Bertz CT molecular complexity index is 817. The summed E-state index contributed by atoms with van der Waals surface area (Å²) in [5, 5.41) is 1.78. The fourth-order valence-electron chi connectivity index (χ4n) is 3.32. The van der Waals surface area contributed by atoms with Crippen molar-refractivity contribution >= 4 is 46.4 Å². The molecule has 4 N–H and O–H groups in total. The SMILES string of the molecule is CCC(N)CCOc1c(Cl)cc(C(C)(C)c2cc(Cl)c(OCCC(N)CC)c(Cl)c2)cc1Cl. The lowest BCUT2D eigenvalue weighted by Gasteiger charge is -2.28. The van der Waals surface area contributed by atoms with E-state index in [0.717, 1.165) is 36.8 Å². The van der Waals surface area contributed by atoms with E-state index in [9.17, 15) is 0 Å². The van der Waals surface area contributed by atoms with E-state index in [2.05, 4.69) is 13.8 Å². The first kappa shape index (κ1) is 28.4. The van der Waals surface area contributed by atoms with Crippen molar-refractivity contribution < 1.29 is 9.47 Å². The topological polar surface area (TPSA) is 70.5 Å². The fourth-order valence-corrected chi connectivity index (χ4v) is 4.51. The molecule has 0 amide bonds. The Morgan fingerprint density at radius 2 is 1.00 bits per heavy atom. The van der Waals surface area contributed by atoms with E-state index in [1.807, 2.05) is 38.1 Å². The van der Waals surface area contributed by atoms with Crippen molar-refractivity contribution in [2.45, 2.75) is 70.9 Å². The van der Waals surface area contributed by atoms with Gasteiger partial charge in [-0.3, -0.25) is 0 Å². The first-order valence-electron chi connectivity index (χ1n) is 11.3. The summed E-state index contributed by atoms with van der Waals surface area (Å²) in [5.41, 5.74) is 13.3. The van der Waals surface area contributed by atoms with Gasteiger partial charge in [0.15, 0.2) is 11.5 Å². The summed E-state index contributed by atoms with van der Waals surface area (Å²) >= 11 is 26.1. The van der Waals surface area contributed by atoms with E-state index in [4.69, 9.17) is 67.3 Å². The third kappa shape index (κ3) is 7.55. The Morgan fingerprint density at radius 3 is 1.27 bits per heavy atom. The van der Waals surface area contributed by atoms with Crippen LogP contribution in [-0.4, -0.2) is 25.3 Å². The van der Waals surface area contributed by atoms with Crippen LogP contribution in [-0.2, 0) is 5.41 Å². The lowest BCUT2D eigenvalue weighted by Crippen LogP contribution is -2.22. The molecule has 0 aliphatic rings. The van der Waals surface area contributed by atoms with Crippen LogP contribution in [0.4, 0.5) is 0 Å². The Morgan fingerprint density at radius 1 is 0.697 bits per heavy atom. The van der Waals surface area contributed by atoms with Crippen LogP contribution < -0.4 is 20.9 Å². The number of halogens is 4. The highest BCUT2D eigenvalue weighted by Crippen LogP contribution is 2.43. The molecule has 2 aromatic rings. The minimum Gasteiger partial charge on any atom is -0.490 e. The molecule has 0 fully saturated rings. The van der Waals surface area contributed by atoms with Gasteiger partial charge in [-0.2, -0.15) is 0 Å². The van der Waals surface area contributed by atoms with Gasteiger partial charge >= 0.3 is 0 Å². The molecule has 2 rings (SSSR count). The molecule has 4 nitrogen and oxygen atoms in total. The smallest absolute Gasteiger partial charge is 0.156 e. The van der Waals surface area contributed by atoms with E-state index in [1.54, 1.807) is 0 Å². The quantitative estimate of drug-likeness (QED) is 0.293. The predicted molar refractivity (Wildman–Crippen MR) is 142 cm³/mol. The monoisotopic (exact) mass is 534 g/mol. The molecule has 2 unspecified atom stereocenters. The summed E-state index contributed by atoms with van der Waals surface area (Å²) in [5.74, 6) is 0.928. The highest BCUT2D eigenvalue weighted by Gasteiger charge is 2.27. The maximum Gasteiger partial charge on any atom is 0.156 e. The van der Waals surface area contributed by atoms with Crippen molar-refractivity contribution in [3.63, 3.8) is 0 Å². The summed E-state index contributed by atoms with van der Waals surface area (Å²) < 4.78 is 11.6. The number of nitrogens with two attached hydrogens (primary N) is 2. The largest absolute Gasteiger partial charge is 0.490 e. The highest BCUT2D eigenvalue weighted by atomic mass is 35.5. The van der Waals surface area contributed by atoms with Crippen LogP contribution in [0.25, 0.3) is 0 Å². The molecule has 2 atom stereocenters. The van der Waals surface area contributed by atoms with Crippen LogP contribution in [0.1, 0.15) is 64.5 Å². The van der Waals surface area contributed by atoms with Gasteiger partial charge in [-0.15, -0.1) is 0 Å². The normalized spacial score (nSPS) is 13.6. The molecular formula is C25H34Cl4N2O2. The number of rotatable bonds is 12. The van der Waals surface area contributed by atoms with Crippen molar-refractivity contribution in [3.8, 4) is 11.5 Å². The van der Waals surface area contributed by atoms with Gasteiger partial charge in [0.1, 0.15) is 0 Å². The third-order valence-electron chi connectivity index (χ3n) is 5.96. The summed E-state index contributed by atoms with van der Waals surface area (Å²) in [6, 6.07) is 7.62. The minimum absolute atomic E-state index is 0.0885. The van der Waals surface area contributed by atoms with Crippen LogP contribution in [0.2, 0.25) is 20.1 Å². The molecule has 33 heavy (non-hydrogen) atoms. The molecule has 0 spiro atoms. The van der Waals surface area contributed by atoms with Gasteiger partial charge in [0.2, 0.25) is 0 Å². The predicted octanol–water partition coefficient (Wildman–Crippen LogP) is 7.64. The fraction of sp³-hybridized carbons (Fsp3) is 0.520. The van der Waals surface area contributed by atoms with Crippen molar-refractivity contribution in [2.75, 3.05) is 13.2 Å². The Hall–Kier alpha value is -0.880. The van der Waals surface area contributed by atoms with Crippen molar-refractivity contribution in [1.82, 2.24) is 0 Å². The summed E-state index contributed by atoms with van der Waals surface area (Å²) in [6.45, 7) is 9.10. The highest BCUT2D eigenvalue weighted by molar-refractivity contribution is 6.38. The zero-order valence-corrected chi connectivity index (χ0v) is 22.7. The molecule has 0 heterocycles. The van der Waals surface area contributed by atoms with Gasteiger partial charge in [0.25, 0.3) is 0 Å². The van der Waals surface area contributed by atoms with Crippen LogP contribution in [0.5, 0.6) is 11.5 Å². The Balaban J connectivity index is 2.24. The van der Waals surface area contributed by atoms with Crippen molar-refractivity contribution in [3.05, 3.63) is 55.5 Å². The summed E-state index contributed by atoms with van der Waals surface area (Å²) in [6.07, 6.45) is 3.23. The standard InChI is InChI=1S/C25H34Cl4N2O2/c1-5-17(30)7-9-32-23-19(26)11-15(12-20(23)27)25(3,4)16-13-21(28)24(22(29)14-16)33-10-8-18(31)6-2/h11-14,17-18H,5-10,30-31H2,1-4H3. The second kappa shape index (κ2) is 12.7. The second-order valence-electron chi connectivity index (χ2n) is 8.77. The van der Waals surface area contributed by atoms with E-state index < -0.39 is 5.41 Å². The molecule has 2 aromatic carbocycles. The zero-order valence-electron chi connectivity index (χ0n) is 19.7.